The summed E-state index contributed by atoms with van der Waals surface area (Å²) in [5.74, 6) is -1.03. The molecule has 5 heteroatoms. The van der Waals surface area contributed by atoms with Crippen LogP contribution in [0.25, 0.3) is 0 Å². The Labute approximate surface area is 157 Å². The molecule has 26 heavy (non-hydrogen) atoms. The predicted molar refractivity (Wildman–Crippen MR) is 101 cm³/mol. The molecule has 0 heterocycles. The van der Waals surface area contributed by atoms with Crippen molar-refractivity contribution in [3.8, 4) is 0 Å². The number of carbonyl (C=O) groups is 2. The number of hydrogen-bond acceptors (Lipinski definition) is 5. The van der Waals surface area contributed by atoms with Gasteiger partial charge < -0.3 is 14.2 Å². The molecule has 1 rings (SSSR count). The number of esters is 2. The standard InChI is InChI=1S/C21H32O5/c1-8-20(4,5)16-13-11-12-15(14-16)17(22)25-19(24-7)26-18(23)21(6,9-2)10-3/h11-14,19H,8-10H2,1-7H3. The molecular formula is C21H32O5. The van der Waals surface area contributed by atoms with E-state index in [9.17, 15) is 9.59 Å². The molecule has 0 aliphatic rings. The van der Waals surface area contributed by atoms with E-state index in [0.717, 1.165) is 12.0 Å². The summed E-state index contributed by atoms with van der Waals surface area (Å²) in [5.41, 5.74) is 0.766. The van der Waals surface area contributed by atoms with Crippen molar-refractivity contribution in [3.63, 3.8) is 0 Å². The molecule has 0 N–H and O–H groups in total. The number of hydrogen-bond donors (Lipinski definition) is 0. The van der Waals surface area contributed by atoms with Crippen LogP contribution in [0.4, 0.5) is 0 Å². The van der Waals surface area contributed by atoms with Crippen LogP contribution in [0.5, 0.6) is 0 Å². The summed E-state index contributed by atoms with van der Waals surface area (Å²) in [6.45, 7) is 10.6. The van der Waals surface area contributed by atoms with Crippen LogP contribution < -0.4 is 0 Å². The Kier molecular flexibility index (Phi) is 7.82. The zero-order valence-electron chi connectivity index (χ0n) is 17.0. The summed E-state index contributed by atoms with van der Waals surface area (Å²) in [7, 11) is 1.33. The van der Waals surface area contributed by atoms with Crippen molar-refractivity contribution in [3.05, 3.63) is 35.4 Å². The number of rotatable bonds is 9. The highest BCUT2D eigenvalue weighted by Gasteiger charge is 2.34. The van der Waals surface area contributed by atoms with E-state index in [2.05, 4.69) is 20.8 Å². The van der Waals surface area contributed by atoms with Gasteiger partial charge in [0, 0.05) is 7.11 Å². The van der Waals surface area contributed by atoms with Gasteiger partial charge in [-0.3, -0.25) is 4.79 Å². The van der Waals surface area contributed by atoms with Gasteiger partial charge >= 0.3 is 18.4 Å². The summed E-state index contributed by atoms with van der Waals surface area (Å²) in [4.78, 5) is 24.8. The van der Waals surface area contributed by atoms with E-state index >= 15 is 0 Å². The van der Waals surface area contributed by atoms with E-state index in [1.807, 2.05) is 39.0 Å². The van der Waals surface area contributed by atoms with Crippen LogP contribution in [-0.2, 0) is 24.4 Å². The van der Waals surface area contributed by atoms with E-state index in [1.165, 1.54) is 7.11 Å². The average molecular weight is 364 g/mol. The van der Waals surface area contributed by atoms with Crippen molar-refractivity contribution in [1.29, 1.82) is 0 Å². The lowest BCUT2D eigenvalue weighted by Gasteiger charge is -2.26. The number of methoxy groups -OCH3 is 1. The summed E-state index contributed by atoms with van der Waals surface area (Å²) < 4.78 is 15.5. The molecule has 5 nitrogen and oxygen atoms in total. The van der Waals surface area contributed by atoms with E-state index in [-0.39, 0.29) is 5.41 Å². The first kappa shape index (κ1) is 22.2. The van der Waals surface area contributed by atoms with Crippen LogP contribution in [0.2, 0.25) is 0 Å². The maximum absolute atomic E-state index is 12.5. The molecule has 0 saturated heterocycles. The lowest BCUT2D eigenvalue weighted by atomic mass is 9.82. The topological polar surface area (TPSA) is 61.8 Å². The summed E-state index contributed by atoms with van der Waals surface area (Å²) in [6.07, 6.45) is 2.19. The SMILES string of the molecule is CCC(C)(CC)C(=O)OC(OC)OC(=O)c1cccc(C(C)(C)CC)c1. The second-order valence-corrected chi connectivity index (χ2v) is 7.42. The average Bonchev–Trinajstić information content (AvgIpc) is 2.66. The van der Waals surface area contributed by atoms with Crippen molar-refractivity contribution in [2.75, 3.05) is 7.11 Å². The molecule has 0 aromatic heterocycles. The predicted octanol–water partition coefficient (Wildman–Crippen LogP) is 4.83. The minimum Gasteiger partial charge on any atom is -0.400 e. The first-order chi connectivity index (χ1) is 12.1. The highest BCUT2D eigenvalue weighted by Crippen LogP contribution is 2.29. The Morgan fingerprint density at radius 3 is 2.12 bits per heavy atom. The zero-order chi connectivity index (χ0) is 20.0. The molecule has 1 atom stereocenters. The monoisotopic (exact) mass is 364 g/mol. The van der Waals surface area contributed by atoms with Gasteiger partial charge in [0.25, 0.3) is 0 Å². The molecule has 0 aliphatic carbocycles. The minimum absolute atomic E-state index is 0.0481. The van der Waals surface area contributed by atoms with Crippen molar-refractivity contribution >= 4 is 11.9 Å². The first-order valence-electron chi connectivity index (χ1n) is 9.19. The Hall–Kier alpha value is -1.88. The van der Waals surface area contributed by atoms with Crippen LogP contribution in [0.3, 0.4) is 0 Å². The van der Waals surface area contributed by atoms with Crippen LogP contribution in [0, 0.1) is 5.41 Å². The number of carbonyl (C=O) groups excluding carboxylic acids is 2. The van der Waals surface area contributed by atoms with Gasteiger partial charge in [-0.25, -0.2) is 4.79 Å². The number of benzene rings is 1. The van der Waals surface area contributed by atoms with Crippen molar-refractivity contribution < 1.29 is 23.8 Å². The van der Waals surface area contributed by atoms with E-state index in [4.69, 9.17) is 14.2 Å². The fourth-order valence-electron chi connectivity index (χ4n) is 2.32. The van der Waals surface area contributed by atoms with Crippen LogP contribution in [0.15, 0.2) is 24.3 Å². The van der Waals surface area contributed by atoms with E-state index in [1.54, 1.807) is 6.07 Å². The zero-order valence-corrected chi connectivity index (χ0v) is 17.0. The largest absolute Gasteiger partial charge is 0.400 e. The second kappa shape index (κ2) is 9.17. The van der Waals surface area contributed by atoms with Gasteiger partial charge in [0.15, 0.2) is 0 Å². The highest BCUT2D eigenvalue weighted by atomic mass is 16.9. The lowest BCUT2D eigenvalue weighted by molar-refractivity contribution is -0.248. The molecule has 0 saturated carbocycles. The summed E-state index contributed by atoms with van der Waals surface area (Å²) in [5, 5.41) is 0. The van der Waals surface area contributed by atoms with Crippen LogP contribution in [-0.4, -0.2) is 25.5 Å². The molecule has 0 bridgehead atoms. The normalized spacial score (nSPS) is 13.2. The Morgan fingerprint density at radius 1 is 1.00 bits per heavy atom. The Balaban J connectivity index is 2.88. The number of ether oxygens (including phenoxy) is 3. The Morgan fingerprint density at radius 2 is 1.62 bits per heavy atom. The Bertz CT molecular complexity index is 617. The van der Waals surface area contributed by atoms with Gasteiger partial charge in [-0.2, -0.15) is 0 Å². The van der Waals surface area contributed by atoms with E-state index in [0.29, 0.717) is 18.4 Å². The summed E-state index contributed by atoms with van der Waals surface area (Å²) in [6, 6.07) is 7.29. The molecular weight excluding hydrogens is 332 g/mol. The molecule has 1 aromatic rings. The fourth-order valence-corrected chi connectivity index (χ4v) is 2.32. The quantitative estimate of drug-likeness (QED) is 0.464. The molecule has 0 amide bonds. The van der Waals surface area contributed by atoms with Crippen LogP contribution >= 0.6 is 0 Å². The minimum atomic E-state index is -1.37. The molecule has 146 valence electrons. The van der Waals surface area contributed by atoms with Crippen molar-refractivity contribution in [1.82, 2.24) is 0 Å². The second-order valence-electron chi connectivity index (χ2n) is 7.42. The molecule has 1 aromatic carbocycles. The van der Waals surface area contributed by atoms with Gasteiger partial charge in [0.05, 0.1) is 11.0 Å². The van der Waals surface area contributed by atoms with Crippen molar-refractivity contribution in [2.45, 2.75) is 72.7 Å². The fraction of sp³-hybridized carbons (Fsp3) is 0.619. The molecule has 0 aliphatic heterocycles. The third-order valence-electron chi connectivity index (χ3n) is 5.42. The maximum Gasteiger partial charge on any atom is 0.365 e. The molecule has 0 spiro atoms. The smallest absolute Gasteiger partial charge is 0.365 e. The third kappa shape index (κ3) is 5.31. The van der Waals surface area contributed by atoms with Crippen LogP contribution in [0.1, 0.15) is 76.7 Å². The maximum atomic E-state index is 12.5. The lowest BCUT2D eigenvalue weighted by Crippen LogP contribution is -2.35. The molecule has 0 radical (unpaired) electrons. The van der Waals surface area contributed by atoms with Gasteiger partial charge in [0.2, 0.25) is 0 Å². The summed E-state index contributed by atoms with van der Waals surface area (Å²) >= 11 is 0. The van der Waals surface area contributed by atoms with Gasteiger partial charge in [0.1, 0.15) is 0 Å². The highest BCUT2D eigenvalue weighted by molar-refractivity contribution is 5.89. The van der Waals surface area contributed by atoms with Gasteiger partial charge in [-0.1, -0.05) is 46.8 Å². The van der Waals surface area contributed by atoms with Gasteiger partial charge in [-0.05, 0) is 49.3 Å². The van der Waals surface area contributed by atoms with Gasteiger partial charge in [-0.15, -0.1) is 0 Å². The van der Waals surface area contributed by atoms with E-state index < -0.39 is 23.8 Å². The first-order valence-corrected chi connectivity index (χ1v) is 9.19. The molecule has 0 fully saturated rings. The van der Waals surface area contributed by atoms with Crippen molar-refractivity contribution in [2.24, 2.45) is 5.41 Å². The molecule has 1 unspecified atom stereocenters. The third-order valence-corrected chi connectivity index (χ3v) is 5.42.